The number of nitrogens with zero attached hydrogens (tertiary/aromatic N) is 2. The van der Waals surface area contributed by atoms with Crippen LogP contribution < -0.4 is 4.31 Å². The van der Waals surface area contributed by atoms with E-state index in [-0.39, 0.29) is 18.9 Å². The molecule has 0 saturated carbocycles. The van der Waals surface area contributed by atoms with Crippen molar-refractivity contribution in [1.29, 1.82) is 0 Å². The molecule has 0 unspecified atom stereocenters. The van der Waals surface area contributed by atoms with Gasteiger partial charge in [0.05, 0.1) is 11.9 Å². The van der Waals surface area contributed by atoms with Gasteiger partial charge in [0.1, 0.15) is 0 Å². The van der Waals surface area contributed by atoms with Crippen LogP contribution in [0.25, 0.3) is 0 Å². The Kier molecular flexibility index (Phi) is 8.03. The zero-order valence-corrected chi connectivity index (χ0v) is 16.5. The number of anilines is 1. The molecule has 0 N–H and O–H groups in total. The Morgan fingerprint density at radius 2 is 1.71 bits per heavy atom. The number of amides is 1. The highest BCUT2D eigenvalue weighted by atomic mass is 35.5. The van der Waals surface area contributed by atoms with E-state index in [4.69, 9.17) is 11.6 Å². The minimum absolute atomic E-state index is 0.0213. The van der Waals surface area contributed by atoms with E-state index in [1.54, 1.807) is 23.1 Å². The van der Waals surface area contributed by atoms with Gasteiger partial charge in [-0.1, -0.05) is 31.5 Å². The van der Waals surface area contributed by atoms with Crippen molar-refractivity contribution in [2.45, 2.75) is 40.0 Å². The fourth-order valence-corrected chi connectivity index (χ4v) is 3.72. The molecule has 0 bridgehead atoms. The predicted molar refractivity (Wildman–Crippen MR) is 100 cm³/mol. The topological polar surface area (TPSA) is 57.7 Å². The molecular weight excluding hydrogens is 348 g/mol. The van der Waals surface area contributed by atoms with Crippen LogP contribution >= 0.6 is 11.6 Å². The quantitative estimate of drug-likeness (QED) is 0.665. The van der Waals surface area contributed by atoms with Gasteiger partial charge in [0.2, 0.25) is 15.9 Å². The molecule has 1 amide bonds. The molecule has 0 aliphatic heterocycles. The van der Waals surface area contributed by atoms with Crippen LogP contribution in [-0.2, 0) is 14.8 Å². The van der Waals surface area contributed by atoms with Gasteiger partial charge in [0, 0.05) is 31.1 Å². The Morgan fingerprint density at radius 1 is 1.12 bits per heavy atom. The summed E-state index contributed by atoms with van der Waals surface area (Å²) >= 11 is 6.01. The first-order valence-corrected chi connectivity index (χ1v) is 10.4. The highest BCUT2D eigenvalue weighted by Gasteiger charge is 2.22. The highest BCUT2D eigenvalue weighted by molar-refractivity contribution is 7.92. The molecule has 0 fully saturated rings. The molecule has 0 aliphatic rings. The van der Waals surface area contributed by atoms with Gasteiger partial charge in [-0.15, -0.1) is 0 Å². The van der Waals surface area contributed by atoms with E-state index in [1.807, 2.05) is 20.8 Å². The Labute approximate surface area is 150 Å². The molecule has 5 nitrogen and oxygen atoms in total. The number of halogens is 1. The monoisotopic (exact) mass is 374 g/mol. The fourth-order valence-electron chi connectivity index (χ4n) is 2.57. The second-order valence-electron chi connectivity index (χ2n) is 5.90. The SMILES string of the molecule is CCCN(CCC)C(=O)CCN(c1cc(Cl)ccc1C)S(C)(=O)=O. The molecule has 7 heteroatoms. The molecule has 24 heavy (non-hydrogen) atoms. The van der Waals surface area contributed by atoms with Gasteiger partial charge in [-0.2, -0.15) is 0 Å². The molecule has 1 aromatic carbocycles. The fraction of sp³-hybridized carbons (Fsp3) is 0.588. The van der Waals surface area contributed by atoms with Crippen molar-refractivity contribution in [2.75, 3.05) is 30.2 Å². The molecule has 0 atom stereocenters. The van der Waals surface area contributed by atoms with Crippen molar-refractivity contribution in [3.63, 3.8) is 0 Å². The predicted octanol–water partition coefficient (Wildman–Crippen LogP) is 3.45. The standard InChI is InChI=1S/C17H27ClN2O3S/c1-5-10-19(11-6-2)17(21)9-12-20(24(4,22)23)16-13-15(18)8-7-14(16)3/h7-8,13H,5-6,9-12H2,1-4H3. The summed E-state index contributed by atoms with van der Waals surface area (Å²) in [6, 6.07) is 5.12. The van der Waals surface area contributed by atoms with Crippen LogP contribution in [0.3, 0.4) is 0 Å². The van der Waals surface area contributed by atoms with Crippen LogP contribution in [-0.4, -0.2) is 45.1 Å². The largest absolute Gasteiger partial charge is 0.343 e. The summed E-state index contributed by atoms with van der Waals surface area (Å²) in [5.41, 5.74) is 1.33. The van der Waals surface area contributed by atoms with E-state index < -0.39 is 10.0 Å². The lowest BCUT2D eigenvalue weighted by atomic mass is 10.2. The van der Waals surface area contributed by atoms with Gasteiger partial charge in [-0.05, 0) is 37.5 Å². The minimum Gasteiger partial charge on any atom is -0.343 e. The van der Waals surface area contributed by atoms with Crippen LogP contribution in [0.2, 0.25) is 5.02 Å². The van der Waals surface area contributed by atoms with E-state index in [0.717, 1.165) is 24.7 Å². The number of hydrogen-bond acceptors (Lipinski definition) is 3. The Balaban J connectivity index is 2.96. The third-order valence-corrected chi connectivity index (χ3v) is 5.12. The van der Waals surface area contributed by atoms with Crippen LogP contribution in [0.1, 0.15) is 38.7 Å². The third kappa shape index (κ3) is 5.98. The first-order chi connectivity index (χ1) is 11.2. The van der Waals surface area contributed by atoms with Gasteiger partial charge in [0.15, 0.2) is 0 Å². The van der Waals surface area contributed by atoms with Crippen molar-refractivity contribution in [1.82, 2.24) is 4.90 Å². The lowest BCUT2D eigenvalue weighted by molar-refractivity contribution is -0.131. The second-order valence-corrected chi connectivity index (χ2v) is 8.24. The lowest BCUT2D eigenvalue weighted by Crippen LogP contribution is -2.37. The third-order valence-electron chi connectivity index (χ3n) is 3.71. The number of rotatable bonds is 9. The minimum atomic E-state index is -3.50. The van der Waals surface area contributed by atoms with E-state index in [1.165, 1.54) is 4.31 Å². The van der Waals surface area contributed by atoms with Gasteiger partial charge >= 0.3 is 0 Å². The van der Waals surface area contributed by atoms with Crippen molar-refractivity contribution >= 4 is 33.2 Å². The first-order valence-electron chi connectivity index (χ1n) is 8.22. The second kappa shape index (κ2) is 9.28. The van der Waals surface area contributed by atoms with Crippen molar-refractivity contribution < 1.29 is 13.2 Å². The summed E-state index contributed by atoms with van der Waals surface area (Å²) < 4.78 is 25.6. The van der Waals surface area contributed by atoms with Gasteiger partial charge in [-0.3, -0.25) is 9.10 Å². The molecular formula is C17H27ClN2O3S. The number of hydrogen-bond donors (Lipinski definition) is 0. The number of sulfonamides is 1. The van der Waals surface area contributed by atoms with Gasteiger partial charge in [0.25, 0.3) is 0 Å². The summed E-state index contributed by atoms with van der Waals surface area (Å²) in [6.07, 6.45) is 3.07. The van der Waals surface area contributed by atoms with Gasteiger partial charge in [-0.25, -0.2) is 8.42 Å². The smallest absolute Gasteiger partial charge is 0.232 e. The normalized spacial score (nSPS) is 11.4. The average Bonchev–Trinajstić information content (AvgIpc) is 2.49. The number of carbonyl (C=O) groups is 1. The zero-order chi connectivity index (χ0) is 18.3. The summed E-state index contributed by atoms with van der Waals surface area (Å²) in [4.78, 5) is 14.2. The van der Waals surface area contributed by atoms with Crippen molar-refractivity contribution in [2.24, 2.45) is 0 Å². The number of aryl methyl sites for hydroxylation is 1. The molecule has 0 saturated heterocycles. The van der Waals surface area contributed by atoms with Crippen LogP contribution in [0, 0.1) is 6.92 Å². The molecule has 0 aliphatic carbocycles. The molecule has 1 aromatic rings. The van der Waals surface area contributed by atoms with E-state index in [0.29, 0.717) is 23.8 Å². The maximum atomic E-state index is 12.4. The summed E-state index contributed by atoms with van der Waals surface area (Å²) in [5.74, 6) is -0.0213. The Hall–Kier alpha value is -1.27. The van der Waals surface area contributed by atoms with Crippen molar-refractivity contribution in [3.05, 3.63) is 28.8 Å². The highest BCUT2D eigenvalue weighted by Crippen LogP contribution is 2.26. The van der Waals surface area contributed by atoms with Crippen LogP contribution in [0.15, 0.2) is 18.2 Å². The molecule has 0 heterocycles. The molecule has 0 spiro atoms. The zero-order valence-electron chi connectivity index (χ0n) is 14.9. The van der Waals surface area contributed by atoms with Crippen LogP contribution in [0.5, 0.6) is 0 Å². The Bertz CT molecular complexity index is 656. The number of benzene rings is 1. The summed E-state index contributed by atoms with van der Waals surface area (Å²) in [5, 5.41) is 0.467. The number of carbonyl (C=O) groups excluding carboxylic acids is 1. The van der Waals surface area contributed by atoms with E-state index in [2.05, 4.69) is 0 Å². The first kappa shape index (κ1) is 20.8. The van der Waals surface area contributed by atoms with Crippen molar-refractivity contribution in [3.8, 4) is 0 Å². The Morgan fingerprint density at radius 3 is 2.21 bits per heavy atom. The summed E-state index contributed by atoms with van der Waals surface area (Å²) in [7, 11) is -3.50. The maximum absolute atomic E-state index is 12.4. The molecule has 136 valence electrons. The molecule has 1 rings (SSSR count). The lowest BCUT2D eigenvalue weighted by Gasteiger charge is -2.26. The van der Waals surface area contributed by atoms with Crippen LogP contribution in [0.4, 0.5) is 5.69 Å². The van der Waals surface area contributed by atoms with E-state index >= 15 is 0 Å². The maximum Gasteiger partial charge on any atom is 0.232 e. The van der Waals surface area contributed by atoms with E-state index in [9.17, 15) is 13.2 Å². The van der Waals surface area contributed by atoms with Gasteiger partial charge < -0.3 is 4.90 Å². The average molecular weight is 375 g/mol. The molecule has 0 radical (unpaired) electrons. The summed E-state index contributed by atoms with van der Waals surface area (Å²) in [6.45, 7) is 7.38. The molecule has 0 aromatic heterocycles.